The molecular weight excluding hydrogens is 440 g/mol. The lowest BCUT2D eigenvalue weighted by Gasteiger charge is -2.21. The van der Waals surface area contributed by atoms with Crippen LogP contribution >= 0.6 is 0 Å². The quantitative estimate of drug-likeness (QED) is 0.452. The average Bonchev–Trinajstić information content (AvgIpc) is 3.44. The van der Waals surface area contributed by atoms with E-state index in [4.69, 9.17) is 10.2 Å². The second kappa shape index (κ2) is 9.24. The first-order chi connectivity index (χ1) is 16.9. The van der Waals surface area contributed by atoms with Gasteiger partial charge in [-0.15, -0.1) is 0 Å². The van der Waals surface area contributed by atoms with Gasteiger partial charge in [0.1, 0.15) is 6.04 Å². The monoisotopic (exact) mass is 466 g/mol. The number of benzene rings is 3. The first-order valence-electron chi connectivity index (χ1n) is 11.7. The fraction of sp³-hybridized carbons (Fsp3) is 0.250. The Morgan fingerprint density at radius 2 is 1.91 bits per heavy atom. The zero-order valence-corrected chi connectivity index (χ0v) is 19.4. The van der Waals surface area contributed by atoms with Gasteiger partial charge in [-0.3, -0.25) is 9.36 Å². The first-order valence-corrected chi connectivity index (χ1v) is 11.7. The van der Waals surface area contributed by atoms with E-state index in [-0.39, 0.29) is 11.8 Å². The van der Waals surface area contributed by atoms with Crippen LogP contribution in [0.5, 0.6) is 0 Å². The van der Waals surface area contributed by atoms with Crippen LogP contribution in [0.3, 0.4) is 0 Å². The molecule has 3 atom stereocenters. The Morgan fingerprint density at radius 1 is 1.17 bits per heavy atom. The molecule has 7 nitrogen and oxygen atoms in total. The van der Waals surface area contributed by atoms with Gasteiger partial charge in [-0.2, -0.15) is 5.26 Å². The fourth-order valence-corrected chi connectivity index (χ4v) is 4.92. The standard InChI is InChI=1S/C28H26N4O3/c1-32-24-15-20(11-13-25(24)35-28(32)34)18-8-6-17(7-9-18)14-21(16-29)31-27(33)26(30)23-12-10-19-4-2-3-5-22(19)23/h2-9,11,13,15,21,23,26H,10,12,14,30H2,1H3,(H,31,33)/t21-,23-,26-/m0/s1. The second-order valence-electron chi connectivity index (χ2n) is 9.07. The third-order valence-electron chi connectivity index (χ3n) is 6.91. The lowest BCUT2D eigenvalue weighted by atomic mass is 9.93. The number of hydrogen-bond acceptors (Lipinski definition) is 5. The number of fused-ring (bicyclic) bond motifs is 2. The number of aryl methyl sites for hydroxylation is 2. The fourth-order valence-electron chi connectivity index (χ4n) is 4.92. The maximum Gasteiger partial charge on any atom is 0.419 e. The van der Waals surface area contributed by atoms with E-state index in [2.05, 4.69) is 17.5 Å². The van der Waals surface area contributed by atoms with Crippen molar-refractivity contribution >= 4 is 17.0 Å². The van der Waals surface area contributed by atoms with Gasteiger partial charge < -0.3 is 15.5 Å². The molecule has 4 aromatic rings. The summed E-state index contributed by atoms with van der Waals surface area (Å²) >= 11 is 0. The zero-order valence-electron chi connectivity index (χ0n) is 19.4. The molecule has 1 aliphatic rings. The smallest absolute Gasteiger partial charge is 0.408 e. The summed E-state index contributed by atoms with van der Waals surface area (Å²) in [6, 6.07) is 22.3. The van der Waals surface area contributed by atoms with Crippen LogP contribution in [0.1, 0.15) is 29.0 Å². The van der Waals surface area contributed by atoms with E-state index < -0.39 is 17.8 Å². The molecule has 176 valence electrons. The van der Waals surface area contributed by atoms with Crippen LogP contribution in [0.15, 0.2) is 75.9 Å². The maximum atomic E-state index is 12.9. The summed E-state index contributed by atoms with van der Waals surface area (Å²) in [5, 5.41) is 12.5. The van der Waals surface area contributed by atoms with Gasteiger partial charge in [-0.05, 0) is 52.8 Å². The number of oxazole rings is 1. The average molecular weight is 467 g/mol. The van der Waals surface area contributed by atoms with Crippen molar-refractivity contribution in [2.75, 3.05) is 0 Å². The van der Waals surface area contributed by atoms with Crippen LogP contribution in [0, 0.1) is 11.3 Å². The third-order valence-corrected chi connectivity index (χ3v) is 6.91. The van der Waals surface area contributed by atoms with Crippen molar-refractivity contribution in [1.29, 1.82) is 5.26 Å². The molecule has 0 saturated heterocycles. The van der Waals surface area contributed by atoms with E-state index in [0.29, 0.717) is 12.0 Å². The highest BCUT2D eigenvalue weighted by molar-refractivity contribution is 5.83. The Hall–Kier alpha value is -4.15. The van der Waals surface area contributed by atoms with Crippen molar-refractivity contribution < 1.29 is 9.21 Å². The highest BCUT2D eigenvalue weighted by Crippen LogP contribution is 2.34. The van der Waals surface area contributed by atoms with Crippen molar-refractivity contribution in [1.82, 2.24) is 9.88 Å². The van der Waals surface area contributed by atoms with E-state index in [1.54, 1.807) is 13.1 Å². The van der Waals surface area contributed by atoms with E-state index in [0.717, 1.165) is 40.6 Å². The van der Waals surface area contributed by atoms with Gasteiger partial charge in [-0.25, -0.2) is 4.79 Å². The van der Waals surface area contributed by atoms with Crippen LogP contribution in [-0.2, 0) is 24.7 Å². The van der Waals surface area contributed by atoms with Crippen LogP contribution in [0.2, 0.25) is 0 Å². The lowest BCUT2D eigenvalue weighted by molar-refractivity contribution is -0.123. The molecule has 5 rings (SSSR count). The molecule has 0 unspecified atom stereocenters. The molecule has 0 spiro atoms. The van der Waals surface area contributed by atoms with Crippen molar-refractivity contribution in [2.45, 2.75) is 37.3 Å². The summed E-state index contributed by atoms with van der Waals surface area (Å²) in [7, 11) is 1.68. The van der Waals surface area contributed by atoms with E-state index in [1.807, 2.05) is 54.6 Å². The van der Waals surface area contributed by atoms with Crippen LogP contribution in [0.25, 0.3) is 22.2 Å². The molecule has 7 heteroatoms. The number of hydrogen-bond donors (Lipinski definition) is 2. The highest BCUT2D eigenvalue weighted by atomic mass is 16.4. The van der Waals surface area contributed by atoms with Crippen LogP contribution in [-0.4, -0.2) is 22.6 Å². The van der Waals surface area contributed by atoms with Gasteiger partial charge in [0.05, 0.1) is 17.6 Å². The Bertz CT molecular complexity index is 1490. The van der Waals surface area contributed by atoms with Crippen LogP contribution < -0.4 is 16.8 Å². The normalized spacial score (nSPS) is 16.4. The van der Waals surface area contributed by atoms with E-state index >= 15 is 0 Å². The molecule has 1 aromatic heterocycles. The number of nitriles is 1. The first kappa shape index (κ1) is 22.6. The molecule has 1 aliphatic carbocycles. The Kier molecular flexibility index (Phi) is 5.98. The third kappa shape index (κ3) is 4.36. The summed E-state index contributed by atoms with van der Waals surface area (Å²) in [6.07, 6.45) is 2.14. The van der Waals surface area contributed by atoms with Gasteiger partial charge in [0.15, 0.2) is 5.58 Å². The Balaban J connectivity index is 1.25. The minimum atomic E-state index is -0.689. The second-order valence-corrected chi connectivity index (χ2v) is 9.07. The van der Waals surface area contributed by atoms with Crippen molar-refractivity contribution in [3.05, 3.63) is 94.0 Å². The van der Waals surface area contributed by atoms with Crippen molar-refractivity contribution in [3.8, 4) is 17.2 Å². The Morgan fingerprint density at radius 3 is 2.69 bits per heavy atom. The van der Waals surface area contributed by atoms with Crippen molar-refractivity contribution in [3.63, 3.8) is 0 Å². The molecule has 0 saturated carbocycles. The number of carbonyl (C=O) groups is 1. The van der Waals surface area contributed by atoms with Crippen molar-refractivity contribution in [2.24, 2.45) is 12.8 Å². The predicted molar refractivity (Wildman–Crippen MR) is 134 cm³/mol. The predicted octanol–water partition coefficient (Wildman–Crippen LogP) is 3.41. The SMILES string of the molecule is Cn1c(=O)oc2ccc(-c3ccc(C[C@@H](C#N)NC(=O)[C@@H](N)[C@H]4CCc5ccccc54)cc3)cc21. The summed E-state index contributed by atoms with van der Waals surface area (Å²) < 4.78 is 6.67. The Labute approximate surface area is 202 Å². The molecule has 3 N–H and O–H groups in total. The topological polar surface area (TPSA) is 114 Å². The molecule has 0 radical (unpaired) electrons. The number of nitrogens with two attached hydrogens (primary N) is 1. The molecule has 35 heavy (non-hydrogen) atoms. The molecule has 0 fully saturated rings. The summed E-state index contributed by atoms with van der Waals surface area (Å²) in [4.78, 5) is 24.6. The van der Waals surface area contributed by atoms with Gasteiger partial charge in [0.2, 0.25) is 5.91 Å². The molecule has 1 amide bonds. The highest BCUT2D eigenvalue weighted by Gasteiger charge is 2.32. The number of carbonyl (C=O) groups excluding carboxylic acids is 1. The molecule has 0 bridgehead atoms. The van der Waals surface area contributed by atoms with Gasteiger partial charge in [0, 0.05) is 19.4 Å². The molecular formula is C28H26N4O3. The van der Waals surface area contributed by atoms with Crippen LogP contribution in [0.4, 0.5) is 0 Å². The molecule has 0 aliphatic heterocycles. The van der Waals surface area contributed by atoms with E-state index in [1.165, 1.54) is 10.1 Å². The summed E-state index contributed by atoms with van der Waals surface area (Å²) in [5.41, 5.74) is 12.8. The number of aromatic nitrogens is 1. The summed E-state index contributed by atoms with van der Waals surface area (Å²) in [5.74, 6) is -0.722. The minimum Gasteiger partial charge on any atom is -0.408 e. The lowest BCUT2D eigenvalue weighted by Crippen LogP contribution is -2.48. The summed E-state index contributed by atoms with van der Waals surface area (Å²) in [6.45, 7) is 0. The number of nitrogens with one attached hydrogen (secondary N) is 1. The largest absolute Gasteiger partial charge is 0.419 e. The number of rotatable bonds is 6. The maximum absolute atomic E-state index is 12.9. The minimum absolute atomic E-state index is 0.0307. The molecule has 1 heterocycles. The number of amides is 1. The number of nitrogens with zero attached hydrogens (tertiary/aromatic N) is 2. The van der Waals surface area contributed by atoms with E-state index in [9.17, 15) is 14.9 Å². The van der Waals surface area contributed by atoms with Gasteiger partial charge >= 0.3 is 5.76 Å². The van der Waals surface area contributed by atoms with Gasteiger partial charge in [0.25, 0.3) is 0 Å². The zero-order chi connectivity index (χ0) is 24.5. The van der Waals surface area contributed by atoms with Gasteiger partial charge in [-0.1, -0.05) is 54.6 Å². The molecule has 3 aromatic carbocycles.